The highest BCUT2D eigenvalue weighted by atomic mass is 16.5. The first-order chi connectivity index (χ1) is 9.58. The van der Waals surface area contributed by atoms with Gasteiger partial charge in [0.05, 0.1) is 25.7 Å². The molecule has 5 nitrogen and oxygen atoms in total. The first-order valence-corrected chi connectivity index (χ1v) is 6.61. The van der Waals surface area contributed by atoms with Crippen LogP contribution in [0.2, 0.25) is 0 Å². The summed E-state index contributed by atoms with van der Waals surface area (Å²) in [6.45, 7) is 0.589. The van der Waals surface area contributed by atoms with Gasteiger partial charge in [-0.2, -0.15) is 0 Å². The van der Waals surface area contributed by atoms with E-state index in [2.05, 4.69) is 0 Å². The number of hydrogen-bond acceptors (Lipinski definition) is 4. The van der Waals surface area contributed by atoms with Crippen LogP contribution in [0, 0.1) is 0 Å². The fraction of sp³-hybridized carbons (Fsp3) is 0.467. The lowest BCUT2D eigenvalue weighted by Crippen LogP contribution is -2.17. The van der Waals surface area contributed by atoms with Crippen LogP contribution in [-0.4, -0.2) is 34.7 Å². The zero-order valence-corrected chi connectivity index (χ0v) is 11.3. The molecule has 110 valence electrons. The second-order valence-electron chi connectivity index (χ2n) is 4.63. The second-order valence-corrected chi connectivity index (χ2v) is 4.63. The third kappa shape index (κ3) is 7.66. The first kappa shape index (κ1) is 16.3. The molecule has 0 heterocycles. The zero-order valence-electron chi connectivity index (χ0n) is 11.3. The van der Waals surface area contributed by atoms with Crippen molar-refractivity contribution in [1.29, 1.82) is 0 Å². The molecule has 0 aliphatic rings. The smallest absolute Gasteiger partial charge is 0.303 e. The summed E-state index contributed by atoms with van der Waals surface area (Å²) >= 11 is 0. The van der Waals surface area contributed by atoms with Gasteiger partial charge in [-0.05, 0) is 12.0 Å². The third-order valence-corrected chi connectivity index (χ3v) is 2.80. The average molecular weight is 280 g/mol. The van der Waals surface area contributed by atoms with Crippen LogP contribution in [0.1, 0.15) is 31.2 Å². The topological polar surface area (TPSA) is 83.8 Å². The van der Waals surface area contributed by atoms with E-state index in [1.165, 1.54) is 0 Å². The molecule has 0 bridgehead atoms. The van der Waals surface area contributed by atoms with Crippen LogP contribution >= 0.6 is 0 Å². The molecule has 0 saturated carbocycles. The Hall–Kier alpha value is -1.72. The van der Waals surface area contributed by atoms with E-state index in [1.54, 1.807) is 0 Å². The Morgan fingerprint density at radius 2 is 1.80 bits per heavy atom. The van der Waals surface area contributed by atoms with Crippen LogP contribution in [-0.2, 0) is 20.9 Å². The van der Waals surface area contributed by atoms with Crippen molar-refractivity contribution in [1.82, 2.24) is 0 Å². The molecule has 0 amide bonds. The molecule has 2 N–H and O–H groups in total. The van der Waals surface area contributed by atoms with E-state index >= 15 is 0 Å². The van der Waals surface area contributed by atoms with E-state index in [0.29, 0.717) is 13.0 Å². The van der Waals surface area contributed by atoms with Gasteiger partial charge >= 0.3 is 5.97 Å². The largest absolute Gasteiger partial charge is 0.481 e. The van der Waals surface area contributed by atoms with Gasteiger partial charge in [0, 0.05) is 12.8 Å². The van der Waals surface area contributed by atoms with Gasteiger partial charge in [-0.25, -0.2) is 0 Å². The molecule has 1 aromatic carbocycles. The van der Waals surface area contributed by atoms with Gasteiger partial charge in [0.1, 0.15) is 5.78 Å². The van der Waals surface area contributed by atoms with Gasteiger partial charge in [0.2, 0.25) is 0 Å². The Bertz CT molecular complexity index is 416. The summed E-state index contributed by atoms with van der Waals surface area (Å²) in [5.41, 5.74) is 1.03. The van der Waals surface area contributed by atoms with Crippen LogP contribution in [0.25, 0.3) is 0 Å². The molecule has 5 heteroatoms. The molecule has 0 aromatic heterocycles. The zero-order chi connectivity index (χ0) is 14.8. The Morgan fingerprint density at radius 1 is 1.10 bits per heavy atom. The van der Waals surface area contributed by atoms with E-state index in [-0.39, 0.29) is 31.7 Å². The number of ketones is 1. The maximum atomic E-state index is 11.3. The third-order valence-electron chi connectivity index (χ3n) is 2.80. The number of aliphatic hydroxyl groups excluding tert-OH is 1. The average Bonchev–Trinajstić information content (AvgIpc) is 2.44. The summed E-state index contributed by atoms with van der Waals surface area (Å²) in [5, 5.41) is 18.1. The number of aliphatic hydroxyl groups is 1. The van der Waals surface area contributed by atoms with Crippen molar-refractivity contribution in [3.8, 4) is 0 Å². The van der Waals surface area contributed by atoms with Crippen molar-refractivity contribution in [2.45, 2.75) is 38.4 Å². The van der Waals surface area contributed by atoms with Crippen LogP contribution in [0.3, 0.4) is 0 Å². The van der Waals surface area contributed by atoms with Gasteiger partial charge in [-0.15, -0.1) is 0 Å². The summed E-state index contributed by atoms with van der Waals surface area (Å²) in [4.78, 5) is 21.6. The molecule has 0 fully saturated rings. The number of ether oxygens (including phenoxy) is 1. The minimum atomic E-state index is -0.981. The maximum absolute atomic E-state index is 11.3. The van der Waals surface area contributed by atoms with Crippen molar-refractivity contribution in [2.24, 2.45) is 0 Å². The summed E-state index contributed by atoms with van der Waals surface area (Å²) < 4.78 is 5.36. The number of hydrogen-bond donors (Lipinski definition) is 2. The van der Waals surface area contributed by atoms with Gasteiger partial charge in [-0.1, -0.05) is 30.3 Å². The number of carbonyl (C=O) groups excluding carboxylic acids is 1. The van der Waals surface area contributed by atoms with Crippen molar-refractivity contribution >= 4 is 11.8 Å². The van der Waals surface area contributed by atoms with Crippen LogP contribution < -0.4 is 0 Å². The lowest BCUT2D eigenvalue weighted by molar-refractivity contribution is -0.138. The standard InChI is InChI=1S/C15H20O5/c16-13(8-9-15(18)19)6-7-14(17)11-20-10-12-4-2-1-3-5-12/h1-5,14,17H,6-11H2,(H,18,19). The fourth-order valence-corrected chi connectivity index (χ4v) is 1.67. The SMILES string of the molecule is O=C(O)CCC(=O)CCC(O)COCc1ccccc1. The van der Waals surface area contributed by atoms with Crippen molar-refractivity contribution < 1.29 is 24.5 Å². The Balaban J connectivity index is 2.09. The summed E-state index contributed by atoms with van der Waals surface area (Å²) in [6.07, 6.45) is -0.351. The minimum Gasteiger partial charge on any atom is -0.481 e. The van der Waals surface area contributed by atoms with Crippen molar-refractivity contribution in [2.75, 3.05) is 6.61 Å². The number of carboxylic acids is 1. The van der Waals surface area contributed by atoms with Gasteiger partial charge in [-0.3, -0.25) is 9.59 Å². The summed E-state index contributed by atoms with van der Waals surface area (Å²) in [5.74, 6) is -1.13. The highest BCUT2D eigenvalue weighted by Gasteiger charge is 2.10. The monoisotopic (exact) mass is 280 g/mol. The number of carbonyl (C=O) groups is 2. The van der Waals surface area contributed by atoms with E-state index < -0.39 is 12.1 Å². The molecular weight excluding hydrogens is 260 g/mol. The molecular formula is C15H20O5. The Kier molecular flexibility index (Phi) is 7.54. The summed E-state index contributed by atoms with van der Waals surface area (Å²) in [7, 11) is 0. The molecule has 20 heavy (non-hydrogen) atoms. The lowest BCUT2D eigenvalue weighted by Gasteiger charge is -2.10. The van der Waals surface area contributed by atoms with Crippen molar-refractivity contribution in [3.63, 3.8) is 0 Å². The van der Waals surface area contributed by atoms with Crippen LogP contribution in [0.4, 0.5) is 0 Å². The highest BCUT2D eigenvalue weighted by Crippen LogP contribution is 2.05. The molecule has 1 atom stereocenters. The molecule has 0 spiro atoms. The number of carboxylic acid groups (broad SMARTS) is 1. The van der Waals surface area contributed by atoms with Crippen LogP contribution in [0.5, 0.6) is 0 Å². The molecule has 1 unspecified atom stereocenters. The normalized spacial score (nSPS) is 12.1. The van der Waals surface area contributed by atoms with E-state index in [0.717, 1.165) is 5.56 Å². The quantitative estimate of drug-likeness (QED) is 0.682. The Morgan fingerprint density at radius 3 is 2.45 bits per heavy atom. The predicted octanol–water partition coefficient (Wildman–Crippen LogP) is 1.78. The van der Waals surface area contributed by atoms with Crippen LogP contribution in [0.15, 0.2) is 30.3 Å². The fourth-order valence-electron chi connectivity index (χ4n) is 1.67. The van der Waals surface area contributed by atoms with E-state index in [9.17, 15) is 14.7 Å². The van der Waals surface area contributed by atoms with Gasteiger partial charge in [0.15, 0.2) is 0 Å². The second kappa shape index (κ2) is 9.23. The number of benzene rings is 1. The highest BCUT2D eigenvalue weighted by molar-refractivity contribution is 5.82. The molecule has 0 aliphatic carbocycles. The number of aliphatic carboxylic acids is 1. The number of rotatable bonds is 10. The maximum Gasteiger partial charge on any atom is 0.303 e. The van der Waals surface area contributed by atoms with Gasteiger partial charge in [0.25, 0.3) is 0 Å². The van der Waals surface area contributed by atoms with E-state index in [1.807, 2.05) is 30.3 Å². The first-order valence-electron chi connectivity index (χ1n) is 6.61. The number of Topliss-reactive ketones (excluding diaryl/α,β-unsaturated/α-hetero) is 1. The Labute approximate surface area is 118 Å². The molecule has 0 aliphatic heterocycles. The lowest BCUT2D eigenvalue weighted by atomic mass is 10.1. The molecule has 0 radical (unpaired) electrons. The minimum absolute atomic E-state index is 0.0208. The summed E-state index contributed by atoms with van der Waals surface area (Å²) in [6, 6.07) is 9.61. The predicted molar refractivity (Wildman–Crippen MR) is 73.2 cm³/mol. The van der Waals surface area contributed by atoms with E-state index in [4.69, 9.17) is 9.84 Å². The van der Waals surface area contributed by atoms with Gasteiger partial charge < -0.3 is 14.9 Å². The molecule has 1 aromatic rings. The molecule has 0 saturated heterocycles. The molecule has 1 rings (SSSR count). The van der Waals surface area contributed by atoms with Crippen molar-refractivity contribution in [3.05, 3.63) is 35.9 Å².